The molecule has 0 saturated carbocycles. The molecule has 102 valence electrons. The fraction of sp³-hybridized carbons (Fsp3) is 0.667. The second kappa shape index (κ2) is 7.71. The van der Waals surface area contributed by atoms with Crippen LogP contribution in [0.15, 0.2) is 6.33 Å². The van der Waals surface area contributed by atoms with Gasteiger partial charge in [-0.25, -0.2) is 9.97 Å². The summed E-state index contributed by atoms with van der Waals surface area (Å²) in [5, 5.41) is 6.43. The van der Waals surface area contributed by atoms with Crippen molar-refractivity contribution < 1.29 is 4.74 Å². The smallest absolute Gasteiger partial charge is 0.204 e. The number of ether oxygens (including phenoxy) is 1. The molecule has 18 heavy (non-hydrogen) atoms. The third-order valence-corrected chi connectivity index (χ3v) is 2.43. The molecular formula is C12H23N5O. The summed E-state index contributed by atoms with van der Waals surface area (Å²) in [7, 11) is 5.76. The van der Waals surface area contributed by atoms with Gasteiger partial charge in [0.25, 0.3) is 0 Å². The lowest BCUT2D eigenvalue weighted by molar-refractivity contribution is 0.403. The number of hydrogen-bond donors (Lipinski definition) is 2. The Labute approximate surface area is 109 Å². The van der Waals surface area contributed by atoms with E-state index >= 15 is 0 Å². The highest BCUT2D eigenvalue weighted by Gasteiger charge is 2.10. The van der Waals surface area contributed by atoms with Gasteiger partial charge in [-0.15, -0.1) is 0 Å². The van der Waals surface area contributed by atoms with Gasteiger partial charge in [0, 0.05) is 13.1 Å². The molecule has 2 N–H and O–H groups in total. The van der Waals surface area contributed by atoms with Gasteiger partial charge < -0.3 is 20.3 Å². The number of rotatable bonds is 8. The number of nitrogens with zero attached hydrogens (tertiary/aromatic N) is 3. The summed E-state index contributed by atoms with van der Waals surface area (Å²) < 4.78 is 5.35. The molecule has 6 nitrogen and oxygen atoms in total. The monoisotopic (exact) mass is 253 g/mol. The first-order chi connectivity index (χ1) is 8.69. The van der Waals surface area contributed by atoms with Gasteiger partial charge in [0.05, 0.1) is 7.11 Å². The Morgan fingerprint density at radius 3 is 2.44 bits per heavy atom. The standard InChI is InChI=1S/C12H23N5O/c1-5-13-11-10(18-4)12(16-9-15-11)14-7-6-8-17(2)3/h9H,5-8H2,1-4H3,(H2,13,14,15,16). The quantitative estimate of drug-likeness (QED) is 0.681. The number of aromatic nitrogens is 2. The predicted molar refractivity (Wildman–Crippen MR) is 74.4 cm³/mol. The molecule has 0 aliphatic carbocycles. The SMILES string of the molecule is CCNc1ncnc(NCCCN(C)C)c1OC. The molecule has 1 aromatic rings. The summed E-state index contributed by atoms with van der Waals surface area (Å²) in [6.45, 7) is 4.72. The molecule has 0 amide bonds. The molecule has 0 bridgehead atoms. The Bertz CT molecular complexity index is 356. The molecule has 0 unspecified atom stereocenters. The van der Waals surface area contributed by atoms with E-state index in [1.165, 1.54) is 6.33 Å². The topological polar surface area (TPSA) is 62.3 Å². The van der Waals surface area contributed by atoms with Crippen molar-refractivity contribution in [2.24, 2.45) is 0 Å². The van der Waals surface area contributed by atoms with Crippen molar-refractivity contribution in [2.45, 2.75) is 13.3 Å². The van der Waals surface area contributed by atoms with E-state index in [4.69, 9.17) is 4.74 Å². The largest absolute Gasteiger partial charge is 0.490 e. The molecule has 0 aromatic carbocycles. The fourth-order valence-corrected chi connectivity index (χ4v) is 1.59. The van der Waals surface area contributed by atoms with Gasteiger partial charge in [-0.3, -0.25) is 0 Å². The van der Waals surface area contributed by atoms with Crippen molar-refractivity contribution in [3.63, 3.8) is 0 Å². The summed E-state index contributed by atoms with van der Waals surface area (Å²) in [6.07, 6.45) is 2.59. The Morgan fingerprint density at radius 2 is 1.89 bits per heavy atom. The van der Waals surface area contributed by atoms with E-state index < -0.39 is 0 Å². The van der Waals surface area contributed by atoms with Crippen LogP contribution < -0.4 is 15.4 Å². The lowest BCUT2D eigenvalue weighted by atomic mass is 10.4. The Morgan fingerprint density at radius 1 is 1.22 bits per heavy atom. The summed E-state index contributed by atoms with van der Waals surface area (Å²) >= 11 is 0. The van der Waals surface area contributed by atoms with E-state index in [2.05, 4.69) is 39.6 Å². The van der Waals surface area contributed by atoms with Crippen molar-refractivity contribution in [2.75, 3.05) is 51.5 Å². The van der Waals surface area contributed by atoms with Gasteiger partial charge in [-0.2, -0.15) is 0 Å². The van der Waals surface area contributed by atoms with Crippen LogP contribution in [0.25, 0.3) is 0 Å². The van der Waals surface area contributed by atoms with Gasteiger partial charge in [0.1, 0.15) is 6.33 Å². The highest BCUT2D eigenvalue weighted by molar-refractivity contribution is 5.63. The Balaban J connectivity index is 2.61. The van der Waals surface area contributed by atoms with Crippen LogP contribution in [0.1, 0.15) is 13.3 Å². The van der Waals surface area contributed by atoms with E-state index in [-0.39, 0.29) is 0 Å². The van der Waals surface area contributed by atoms with Gasteiger partial charge in [0.15, 0.2) is 11.6 Å². The maximum Gasteiger partial charge on any atom is 0.204 e. The summed E-state index contributed by atoms with van der Waals surface area (Å²) in [5.74, 6) is 2.14. The lowest BCUT2D eigenvalue weighted by Crippen LogP contribution is -2.17. The molecule has 0 atom stereocenters. The van der Waals surface area contributed by atoms with Crippen molar-refractivity contribution in [1.29, 1.82) is 0 Å². The first kappa shape index (κ1) is 14.5. The van der Waals surface area contributed by atoms with Crippen LogP contribution in [0, 0.1) is 0 Å². The van der Waals surface area contributed by atoms with E-state index in [1.807, 2.05) is 6.92 Å². The molecular weight excluding hydrogens is 230 g/mol. The third kappa shape index (κ3) is 4.37. The predicted octanol–water partition coefficient (Wildman–Crippen LogP) is 1.28. The van der Waals surface area contributed by atoms with E-state index in [9.17, 15) is 0 Å². The number of methoxy groups -OCH3 is 1. The molecule has 0 spiro atoms. The molecule has 0 radical (unpaired) electrons. The van der Waals surface area contributed by atoms with Gasteiger partial charge in [-0.05, 0) is 34.0 Å². The van der Waals surface area contributed by atoms with Crippen LogP contribution in [-0.2, 0) is 0 Å². The van der Waals surface area contributed by atoms with Crippen molar-refractivity contribution in [3.05, 3.63) is 6.33 Å². The molecule has 0 aliphatic heterocycles. The van der Waals surface area contributed by atoms with Gasteiger partial charge in [-0.1, -0.05) is 0 Å². The lowest BCUT2D eigenvalue weighted by Gasteiger charge is -2.14. The second-order valence-corrected chi connectivity index (χ2v) is 4.22. The average Bonchev–Trinajstić information content (AvgIpc) is 2.35. The zero-order chi connectivity index (χ0) is 13.4. The second-order valence-electron chi connectivity index (χ2n) is 4.22. The van der Waals surface area contributed by atoms with Crippen LogP contribution >= 0.6 is 0 Å². The van der Waals surface area contributed by atoms with E-state index in [0.29, 0.717) is 5.75 Å². The van der Waals surface area contributed by atoms with Crippen molar-refractivity contribution in [3.8, 4) is 5.75 Å². The minimum absolute atomic E-state index is 0.671. The van der Waals surface area contributed by atoms with Crippen molar-refractivity contribution >= 4 is 11.6 Å². The molecule has 0 fully saturated rings. The zero-order valence-corrected chi connectivity index (χ0v) is 11.7. The first-order valence-electron chi connectivity index (χ1n) is 6.20. The third-order valence-electron chi connectivity index (χ3n) is 2.43. The van der Waals surface area contributed by atoms with Crippen LogP contribution in [0.2, 0.25) is 0 Å². The summed E-state index contributed by atoms with van der Waals surface area (Å²) in [5.41, 5.74) is 0. The highest BCUT2D eigenvalue weighted by atomic mass is 16.5. The number of hydrogen-bond acceptors (Lipinski definition) is 6. The molecule has 1 heterocycles. The Kier molecular flexibility index (Phi) is 6.21. The fourth-order valence-electron chi connectivity index (χ4n) is 1.59. The molecule has 1 rings (SSSR count). The molecule has 6 heteroatoms. The zero-order valence-electron chi connectivity index (χ0n) is 11.7. The number of nitrogens with one attached hydrogen (secondary N) is 2. The molecule has 0 aliphatic rings. The Hall–Kier alpha value is -1.56. The van der Waals surface area contributed by atoms with Gasteiger partial charge >= 0.3 is 0 Å². The molecule has 0 saturated heterocycles. The van der Waals surface area contributed by atoms with E-state index in [0.717, 1.165) is 37.7 Å². The minimum Gasteiger partial charge on any atom is -0.490 e. The van der Waals surface area contributed by atoms with Gasteiger partial charge in [0.2, 0.25) is 5.75 Å². The maximum atomic E-state index is 5.35. The summed E-state index contributed by atoms with van der Waals surface area (Å²) in [4.78, 5) is 10.5. The van der Waals surface area contributed by atoms with Crippen molar-refractivity contribution in [1.82, 2.24) is 14.9 Å². The van der Waals surface area contributed by atoms with Crippen LogP contribution in [-0.4, -0.2) is 55.7 Å². The molecule has 1 aromatic heterocycles. The normalized spacial score (nSPS) is 10.5. The first-order valence-corrected chi connectivity index (χ1v) is 6.20. The van der Waals surface area contributed by atoms with Crippen LogP contribution in [0.4, 0.5) is 11.6 Å². The average molecular weight is 253 g/mol. The highest BCUT2D eigenvalue weighted by Crippen LogP contribution is 2.28. The van der Waals surface area contributed by atoms with Crippen LogP contribution in [0.5, 0.6) is 5.75 Å². The maximum absolute atomic E-state index is 5.35. The van der Waals surface area contributed by atoms with Crippen LogP contribution in [0.3, 0.4) is 0 Å². The van der Waals surface area contributed by atoms with E-state index in [1.54, 1.807) is 7.11 Å². The summed E-state index contributed by atoms with van der Waals surface area (Å²) in [6, 6.07) is 0. The minimum atomic E-state index is 0.671. The number of anilines is 2.